The third kappa shape index (κ3) is 3.80. The molecule has 6 N–H and O–H groups in total. The molecule has 0 aliphatic carbocycles. The molecule has 2 aromatic carbocycles. The van der Waals surface area contributed by atoms with Gasteiger partial charge in [-0.15, -0.1) is 0 Å². The topological polar surface area (TPSA) is 166 Å². The van der Waals surface area contributed by atoms with Crippen LogP contribution in [0.4, 0.5) is 0 Å². The van der Waals surface area contributed by atoms with Crippen molar-refractivity contribution in [1.82, 2.24) is 0 Å². The third-order valence-corrected chi connectivity index (χ3v) is 5.39. The van der Waals surface area contributed by atoms with Gasteiger partial charge in [-0.2, -0.15) is 0 Å². The van der Waals surface area contributed by atoms with Crippen LogP contribution in [0.15, 0.2) is 36.4 Å². The minimum Gasteiger partial charge on any atom is -0.508 e. The van der Waals surface area contributed by atoms with E-state index in [4.69, 9.17) is 14.2 Å². The van der Waals surface area contributed by atoms with Crippen molar-refractivity contribution >= 4 is 5.78 Å². The summed E-state index contributed by atoms with van der Waals surface area (Å²) in [6.07, 6.45) is -9.25. The lowest BCUT2D eigenvalue weighted by Gasteiger charge is -2.39. The van der Waals surface area contributed by atoms with Crippen molar-refractivity contribution in [3.8, 4) is 23.0 Å². The van der Waals surface area contributed by atoms with E-state index in [1.165, 1.54) is 37.3 Å². The highest BCUT2D eigenvalue weighted by Gasteiger charge is 2.44. The van der Waals surface area contributed by atoms with Crippen molar-refractivity contribution in [2.45, 2.75) is 49.8 Å². The van der Waals surface area contributed by atoms with Crippen molar-refractivity contribution in [3.63, 3.8) is 0 Å². The van der Waals surface area contributed by atoms with Gasteiger partial charge >= 0.3 is 0 Å². The molecule has 2 heterocycles. The van der Waals surface area contributed by atoms with E-state index in [-0.39, 0.29) is 22.8 Å². The summed E-state index contributed by atoms with van der Waals surface area (Å²) in [5.41, 5.74) is 0.191. The molecule has 0 amide bonds. The number of fused-ring (bicyclic) bond motifs is 1. The fourth-order valence-corrected chi connectivity index (χ4v) is 3.63. The first kappa shape index (κ1) is 21.3. The second-order valence-electron chi connectivity index (χ2n) is 7.55. The van der Waals surface area contributed by atoms with E-state index in [1.54, 1.807) is 0 Å². The number of Topliss-reactive ketones (excluding diaryl/α,β-unsaturated/α-hetero) is 1. The molecule has 2 aromatic rings. The summed E-state index contributed by atoms with van der Waals surface area (Å²) < 4.78 is 16.7. The molecule has 2 aliphatic heterocycles. The van der Waals surface area contributed by atoms with Crippen LogP contribution in [0, 0.1) is 0 Å². The Labute approximate surface area is 176 Å². The average molecular weight is 434 g/mol. The summed E-state index contributed by atoms with van der Waals surface area (Å²) in [6.45, 7) is 1.49. The maximum atomic E-state index is 12.7. The van der Waals surface area contributed by atoms with E-state index < -0.39 is 54.4 Å². The van der Waals surface area contributed by atoms with Gasteiger partial charge in [0.15, 0.2) is 12.2 Å². The molecular weight excluding hydrogens is 412 g/mol. The van der Waals surface area contributed by atoms with Crippen LogP contribution in [0.1, 0.15) is 28.9 Å². The van der Waals surface area contributed by atoms with Gasteiger partial charge in [0.2, 0.25) is 12.1 Å². The maximum absolute atomic E-state index is 12.7. The predicted molar refractivity (Wildman–Crippen MR) is 103 cm³/mol. The molecule has 1 saturated heterocycles. The minimum atomic E-state index is -1.59. The Balaban J connectivity index is 1.63. The highest BCUT2D eigenvalue weighted by molar-refractivity contribution is 6.05. The number of carbonyl (C=O) groups is 1. The smallest absolute Gasteiger partial charge is 0.229 e. The van der Waals surface area contributed by atoms with Gasteiger partial charge in [-0.25, -0.2) is 0 Å². The number of phenolic OH excluding ortho intramolecular Hbond substituents is 2. The van der Waals surface area contributed by atoms with E-state index in [9.17, 15) is 35.4 Å². The fourth-order valence-electron chi connectivity index (χ4n) is 3.63. The molecule has 0 saturated carbocycles. The number of aliphatic hydroxyl groups is 4. The van der Waals surface area contributed by atoms with Crippen LogP contribution in [0.2, 0.25) is 0 Å². The zero-order chi connectivity index (χ0) is 22.4. The summed E-state index contributed by atoms with van der Waals surface area (Å²) >= 11 is 0. The van der Waals surface area contributed by atoms with Crippen LogP contribution in [-0.2, 0) is 4.74 Å². The molecule has 0 bridgehead atoms. The molecule has 0 unspecified atom stereocenters. The second kappa shape index (κ2) is 7.98. The van der Waals surface area contributed by atoms with E-state index >= 15 is 0 Å². The Hall–Kier alpha value is -2.89. The monoisotopic (exact) mass is 434 g/mol. The molecule has 0 radical (unpaired) electrons. The number of rotatable bonds is 3. The quantitative estimate of drug-likeness (QED) is 0.386. The molecule has 166 valence electrons. The molecule has 7 atom stereocenters. The fraction of sp³-hybridized carbons (Fsp3) is 0.381. The van der Waals surface area contributed by atoms with Crippen LogP contribution in [0.25, 0.3) is 0 Å². The lowest BCUT2D eigenvalue weighted by molar-refractivity contribution is -0.268. The number of carbonyl (C=O) groups excluding carboxylic acids is 1. The summed E-state index contributed by atoms with van der Waals surface area (Å²) in [5, 5.41) is 60.0. The van der Waals surface area contributed by atoms with Gasteiger partial charge in [0.05, 0.1) is 6.10 Å². The summed E-state index contributed by atoms with van der Waals surface area (Å²) in [6, 6.07) is 8.11. The van der Waals surface area contributed by atoms with Gasteiger partial charge in [0.25, 0.3) is 0 Å². The average Bonchev–Trinajstić information content (AvgIpc) is 2.73. The molecule has 10 heteroatoms. The molecule has 0 aromatic heterocycles. The largest absolute Gasteiger partial charge is 0.508 e. The van der Waals surface area contributed by atoms with Gasteiger partial charge in [-0.3, -0.25) is 4.79 Å². The molecule has 4 rings (SSSR count). The van der Waals surface area contributed by atoms with E-state index in [2.05, 4.69) is 0 Å². The number of hydrogen-bond acceptors (Lipinski definition) is 10. The standard InChI is InChI=1S/C21H22O10/c1-8-15(24)17(26)19(28)21(29-8)30-11-6-12(23)14-13(7-11)31-20(18(27)16(14)25)9-2-4-10(22)5-3-9/h2-8,15,17-24,26-28H,1H3/t8-,15-,17+,18-,19+,20+,21-/m0/s1. The number of aromatic hydroxyl groups is 2. The van der Waals surface area contributed by atoms with Crippen LogP contribution in [-0.4, -0.2) is 73.2 Å². The molecule has 2 aliphatic rings. The van der Waals surface area contributed by atoms with Crippen molar-refractivity contribution in [2.24, 2.45) is 0 Å². The Morgan fingerprint density at radius 2 is 1.61 bits per heavy atom. The Morgan fingerprint density at radius 1 is 0.935 bits per heavy atom. The van der Waals surface area contributed by atoms with Crippen LogP contribution in [0.5, 0.6) is 23.0 Å². The van der Waals surface area contributed by atoms with Gasteiger partial charge < -0.3 is 44.8 Å². The molecule has 0 spiro atoms. The number of ketones is 1. The summed E-state index contributed by atoms with van der Waals surface area (Å²) in [5.74, 6) is -1.38. The summed E-state index contributed by atoms with van der Waals surface area (Å²) in [4.78, 5) is 12.7. The van der Waals surface area contributed by atoms with Gasteiger partial charge in [-0.1, -0.05) is 12.1 Å². The first-order valence-corrected chi connectivity index (χ1v) is 9.58. The number of aliphatic hydroxyl groups excluding tert-OH is 4. The highest BCUT2D eigenvalue weighted by Crippen LogP contribution is 2.42. The molecule has 1 fully saturated rings. The van der Waals surface area contributed by atoms with E-state index in [1.807, 2.05) is 0 Å². The van der Waals surface area contributed by atoms with Crippen LogP contribution >= 0.6 is 0 Å². The van der Waals surface area contributed by atoms with Crippen molar-refractivity contribution in [2.75, 3.05) is 0 Å². The van der Waals surface area contributed by atoms with Gasteiger partial charge in [-0.05, 0) is 24.6 Å². The first-order chi connectivity index (χ1) is 14.7. The molecule has 31 heavy (non-hydrogen) atoms. The normalized spacial score (nSPS) is 32.8. The van der Waals surface area contributed by atoms with Crippen molar-refractivity contribution in [1.29, 1.82) is 0 Å². The van der Waals surface area contributed by atoms with Crippen LogP contribution in [0.3, 0.4) is 0 Å². The molecule has 10 nitrogen and oxygen atoms in total. The zero-order valence-corrected chi connectivity index (χ0v) is 16.3. The lowest BCUT2D eigenvalue weighted by atomic mass is 9.93. The Bertz CT molecular complexity index is 975. The van der Waals surface area contributed by atoms with Crippen molar-refractivity contribution < 1.29 is 49.6 Å². The number of hydrogen-bond donors (Lipinski definition) is 6. The zero-order valence-electron chi connectivity index (χ0n) is 16.3. The number of ether oxygens (including phenoxy) is 3. The Kier molecular flexibility index (Phi) is 5.50. The van der Waals surface area contributed by atoms with E-state index in [0.29, 0.717) is 5.56 Å². The highest BCUT2D eigenvalue weighted by atomic mass is 16.7. The number of phenols is 2. The number of benzene rings is 2. The van der Waals surface area contributed by atoms with Gasteiger partial charge in [0, 0.05) is 12.1 Å². The first-order valence-electron chi connectivity index (χ1n) is 9.58. The third-order valence-electron chi connectivity index (χ3n) is 5.39. The summed E-state index contributed by atoms with van der Waals surface area (Å²) in [7, 11) is 0. The second-order valence-corrected chi connectivity index (χ2v) is 7.55. The Morgan fingerprint density at radius 3 is 2.29 bits per heavy atom. The van der Waals surface area contributed by atoms with Gasteiger partial charge in [0.1, 0.15) is 46.9 Å². The van der Waals surface area contributed by atoms with E-state index in [0.717, 1.165) is 6.07 Å². The minimum absolute atomic E-state index is 0.00156. The molecular formula is C21H22O10. The predicted octanol–water partition coefficient (Wildman–Crippen LogP) is -0.0186. The van der Waals surface area contributed by atoms with Crippen molar-refractivity contribution in [3.05, 3.63) is 47.5 Å². The van der Waals surface area contributed by atoms with Crippen LogP contribution < -0.4 is 9.47 Å². The lowest BCUT2D eigenvalue weighted by Crippen LogP contribution is -2.58. The maximum Gasteiger partial charge on any atom is 0.229 e. The SMILES string of the molecule is C[C@@H]1O[C@@H](Oc2cc(O)c3c(c2)O[C@H](c2ccc(O)cc2)[C@@H](O)C3=O)[C@H](O)[C@H](O)[C@H]1O.